The number of aromatic nitrogens is 1. The highest BCUT2D eigenvalue weighted by atomic mass is 79.9. The minimum absolute atomic E-state index is 0.717. The summed E-state index contributed by atoms with van der Waals surface area (Å²) in [4.78, 5) is 4.32. The maximum absolute atomic E-state index is 5.80. The predicted octanol–water partition coefficient (Wildman–Crippen LogP) is 3.19. The molecule has 1 aromatic heterocycles. The number of hydrogen-bond donors (Lipinski definition) is 1. The highest BCUT2D eigenvalue weighted by Gasteiger charge is 2.08. The van der Waals surface area contributed by atoms with Gasteiger partial charge in [-0.15, -0.1) is 0 Å². The number of benzene rings is 1. The van der Waals surface area contributed by atoms with Crippen molar-refractivity contribution in [1.82, 2.24) is 10.3 Å². The fourth-order valence-electron chi connectivity index (χ4n) is 1.95. The normalized spacial score (nSPS) is 10.9. The Labute approximate surface area is 127 Å². The molecule has 2 rings (SSSR count). The Morgan fingerprint density at radius 3 is 2.95 bits per heavy atom. The second-order valence-corrected chi connectivity index (χ2v) is 5.49. The first-order chi connectivity index (χ1) is 9.70. The molecule has 0 aliphatic carbocycles. The molecule has 0 saturated heterocycles. The lowest BCUT2D eigenvalue weighted by molar-refractivity contribution is 0.199. The third-order valence-corrected chi connectivity index (χ3v) is 3.50. The van der Waals surface area contributed by atoms with Crippen LogP contribution in [0.2, 0.25) is 0 Å². The molecule has 1 N–H and O–H groups in total. The molecule has 5 heteroatoms. The largest absolute Gasteiger partial charge is 0.441 e. The fourth-order valence-corrected chi connectivity index (χ4v) is 2.42. The molecule has 1 aromatic carbocycles. The van der Waals surface area contributed by atoms with Crippen molar-refractivity contribution in [3.05, 3.63) is 40.3 Å². The second-order valence-electron chi connectivity index (χ2n) is 4.57. The molecule has 0 atom stereocenters. The van der Waals surface area contributed by atoms with Gasteiger partial charge in [0.05, 0.1) is 12.8 Å². The zero-order valence-electron chi connectivity index (χ0n) is 11.8. The van der Waals surface area contributed by atoms with E-state index in [1.807, 2.05) is 12.1 Å². The summed E-state index contributed by atoms with van der Waals surface area (Å²) in [7, 11) is 1.70. The molecule has 20 heavy (non-hydrogen) atoms. The smallest absolute Gasteiger partial charge is 0.196 e. The van der Waals surface area contributed by atoms with Gasteiger partial charge in [0.25, 0.3) is 0 Å². The predicted molar refractivity (Wildman–Crippen MR) is 82.8 cm³/mol. The molecule has 0 saturated carbocycles. The van der Waals surface area contributed by atoms with Crippen molar-refractivity contribution in [2.75, 3.05) is 26.8 Å². The van der Waals surface area contributed by atoms with Crippen LogP contribution >= 0.6 is 15.9 Å². The standard InChI is InChI=1S/C15H19BrN2O2/c1-11-9-12(16)3-4-13(11)14-10-18-15(20-14)5-6-17-7-8-19-2/h3-4,9-10,17H,5-8H2,1-2H3. The van der Waals surface area contributed by atoms with Crippen LogP contribution in [0.4, 0.5) is 0 Å². The van der Waals surface area contributed by atoms with Crippen molar-refractivity contribution in [1.29, 1.82) is 0 Å². The van der Waals surface area contributed by atoms with Gasteiger partial charge < -0.3 is 14.5 Å². The minimum Gasteiger partial charge on any atom is -0.441 e. The van der Waals surface area contributed by atoms with E-state index in [4.69, 9.17) is 9.15 Å². The van der Waals surface area contributed by atoms with Crippen LogP contribution in [0.25, 0.3) is 11.3 Å². The van der Waals surface area contributed by atoms with E-state index in [1.54, 1.807) is 13.3 Å². The summed E-state index contributed by atoms with van der Waals surface area (Å²) in [5, 5.41) is 3.27. The van der Waals surface area contributed by atoms with Gasteiger partial charge in [0.15, 0.2) is 11.7 Å². The Bertz CT molecular complexity index is 555. The Morgan fingerprint density at radius 2 is 2.20 bits per heavy atom. The maximum atomic E-state index is 5.80. The van der Waals surface area contributed by atoms with Crippen molar-refractivity contribution in [2.45, 2.75) is 13.3 Å². The van der Waals surface area contributed by atoms with Gasteiger partial charge in [0.1, 0.15) is 0 Å². The molecule has 108 valence electrons. The van der Waals surface area contributed by atoms with E-state index < -0.39 is 0 Å². The molecular weight excluding hydrogens is 320 g/mol. The zero-order valence-corrected chi connectivity index (χ0v) is 13.4. The molecular formula is C15H19BrN2O2. The first kappa shape index (κ1) is 15.2. The van der Waals surface area contributed by atoms with Gasteiger partial charge in [-0.25, -0.2) is 4.98 Å². The van der Waals surface area contributed by atoms with Gasteiger partial charge >= 0.3 is 0 Å². The first-order valence-electron chi connectivity index (χ1n) is 6.61. The SMILES string of the molecule is COCCNCCc1ncc(-c2ccc(Br)cc2C)o1. The number of nitrogens with one attached hydrogen (secondary N) is 1. The highest BCUT2D eigenvalue weighted by Crippen LogP contribution is 2.26. The Kier molecular flexibility index (Phi) is 5.76. The van der Waals surface area contributed by atoms with Gasteiger partial charge in [-0.05, 0) is 30.7 Å². The number of oxazole rings is 1. The molecule has 4 nitrogen and oxygen atoms in total. The summed E-state index contributed by atoms with van der Waals surface area (Å²) in [6, 6.07) is 6.13. The number of nitrogens with zero attached hydrogens (tertiary/aromatic N) is 1. The lowest BCUT2D eigenvalue weighted by Crippen LogP contribution is -2.21. The summed E-state index contributed by atoms with van der Waals surface area (Å²) in [6.07, 6.45) is 2.57. The molecule has 1 heterocycles. The third-order valence-electron chi connectivity index (χ3n) is 3.01. The van der Waals surface area contributed by atoms with Crippen LogP contribution in [0.15, 0.2) is 33.3 Å². The van der Waals surface area contributed by atoms with Crippen LogP contribution in [0.5, 0.6) is 0 Å². The van der Waals surface area contributed by atoms with E-state index >= 15 is 0 Å². The average molecular weight is 339 g/mol. The van der Waals surface area contributed by atoms with E-state index in [1.165, 1.54) is 5.56 Å². The van der Waals surface area contributed by atoms with Crippen LogP contribution in [-0.4, -0.2) is 31.8 Å². The Morgan fingerprint density at radius 1 is 1.35 bits per heavy atom. The molecule has 0 aliphatic rings. The van der Waals surface area contributed by atoms with Gasteiger partial charge in [0.2, 0.25) is 0 Å². The molecule has 0 unspecified atom stereocenters. The van der Waals surface area contributed by atoms with Crippen LogP contribution in [-0.2, 0) is 11.2 Å². The minimum atomic E-state index is 0.717. The highest BCUT2D eigenvalue weighted by molar-refractivity contribution is 9.10. The van der Waals surface area contributed by atoms with Crippen molar-refractivity contribution in [3.63, 3.8) is 0 Å². The molecule has 0 bridgehead atoms. The van der Waals surface area contributed by atoms with Gasteiger partial charge in [-0.2, -0.15) is 0 Å². The summed E-state index contributed by atoms with van der Waals surface area (Å²) in [6.45, 7) is 4.46. The molecule has 0 fully saturated rings. The number of ether oxygens (including phenoxy) is 1. The van der Waals surface area contributed by atoms with Crippen LogP contribution in [0, 0.1) is 6.92 Å². The van der Waals surface area contributed by atoms with E-state index in [9.17, 15) is 0 Å². The number of methoxy groups -OCH3 is 1. The summed E-state index contributed by atoms with van der Waals surface area (Å²) in [5.74, 6) is 1.58. The van der Waals surface area contributed by atoms with Gasteiger partial charge in [-0.3, -0.25) is 0 Å². The molecule has 2 aromatic rings. The van der Waals surface area contributed by atoms with E-state index in [2.05, 4.69) is 39.2 Å². The molecule has 0 radical (unpaired) electrons. The van der Waals surface area contributed by atoms with E-state index in [0.29, 0.717) is 0 Å². The molecule has 0 aliphatic heterocycles. The van der Waals surface area contributed by atoms with Crippen molar-refractivity contribution < 1.29 is 9.15 Å². The second kappa shape index (κ2) is 7.57. The Balaban J connectivity index is 1.95. The van der Waals surface area contributed by atoms with Crippen molar-refractivity contribution in [2.24, 2.45) is 0 Å². The number of halogens is 1. The molecule has 0 spiro atoms. The third kappa shape index (κ3) is 4.16. The van der Waals surface area contributed by atoms with Crippen molar-refractivity contribution >= 4 is 15.9 Å². The summed E-state index contributed by atoms with van der Waals surface area (Å²) < 4.78 is 11.8. The van der Waals surface area contributed by atoms with Crippen LogP contribution in [0.1, 0.15) is 11.5 Å². The topological polar surface area (TPSA) is 47.3 Å². The lowest BCUT2D eigenvalue weighted by Gasteiger charge is -2.03. The first-order valence-corrected chi connectivity index (χ1v) is 7.41. The Hall–Kier alpha value is -1.17. The summed E-state index contributed by atoms with van der Waals surface area (Å²) in [5.41, 5.74) is 2.25. The average Bonchev–Trinajstić information content (AvgIpc) is 2.87. The number of aryl methyl sites for hydroxylation is 1. The fraction of sp³-hybridized carbons (Fsp3) is 0.400. The monoisotopic (exact) mass is 338 g/mol. The lowest BCUT2D eigenvalue weighted by atomic mass is 10.1. The van der Waals surface area contributed by atoms with E-state index in [0.717, 1.165) is 47.8 Å². The van der Waals surface area contributed by atoms with Gasteiger partial charge in [-0.1, -0.05) is 15.9 Å². The maximum Gasteiger partial charge on any atom is 0.196 e. The number of rotatable bonds is 7. The van der Waals surface area contributed by atoms with Crippen LogP contribution in [0.3, 0.4) is 0 Å². The quantitative estimate of drug-likeness (QED) is 0.787. The van der Waals surface area contributed by atoms with E-state index in [-0.39, 0.29) is 0 Å². The summed E-state index contributed by atoms with van der Waals surface area (Å²) >= 11 is 3.46. The molecule has 0 amide bonds. The zero-order chi connectivity index (χ0) is 14.4. The number of hydrogen-bond acceptors (Lipinski definition) is 4. The van der Waals surface area contributed by atoms with Gasteiger partial charge in [0, 0.05) is 36.7 Å². The van der Waals surface area contributed by atoms with Crippen molar-refractivity contribution in [3.8, 4) is 11.3 Å². The van der Waals surface area contributed by atoms with Crippen LogP contribution < -0.4 is 5.32 Å².